The minimum atomic E-state index is -1.31. The molecule has 0 aliphatic heterocycles. The average Bonchev–Trinajstić information content (AvgIpc) is 2.47. The number of ketones is 1. The van der Waals surface area contributed by atoms with E-state index in [4.69, 9.17) is 26.8 Å². The molecule has 6 nitrogen and oxygen atoms in total. The first kappa shape index (κ1) is 18.0. The van der Waals surface area contributed by atoms with Crippen molar-refractivity contribution in [1.82, 2.24) is 0 Å². The van der Waals surface area contributed by atoms with Gasteiger partial charge in [-0.3, -0.25) is 14.4 Å². The van der Waals surface area contributed by atoms with Gasteiger partial charge in [0.15, 0.2) is 11.7 Å². The van der Waals surface area contributed by atoms with E-state index in [1.54, 1.807) is 19.9 Å². The van der Waals surface area contributed by atoms with Crippen molar-refractivity contribution in [2.75, 3.05) is 18.9 Å². The Hall–Kier alpha value is -2.08. The lowest BCUT2D eigenvalue weighted by Crippen LogP contribution is -2.30. The number of esters is 2. The number of nitrogens with two attached hydrogens (primary N) is 1. The van der Waals surface area contributed by atoms with Crippen LogP contribution in [0.2, 0.25) is 5.02 Å². The maximum absolute atomic E-state index is 12.3. The Balaban J connectivity index is 2.97. The first-order valence-electron chi connectivity index (χ1n) is 6.82. The van der Waals surface area contributed by atoms with Gasteiger partial charge in [-0.2, -0.15) is 0 Å². The molecule has 0 fully saturated rings. The number of carbonyl (C=O) groups is 3. The summed E-state index contributed by atoms with van der Waals surface area (Å²) in [5.41, 5.74) is 6.11. The Morgan fingerprint density at radius 2 is 1.68 bits per heavy atom. The fraction of sp³-hybridized carbons (Fsp3) is 0.400. The molecular weight excluding hydrogens is 310 g/mol. The van der Waals surface area contributed by atoms with Gasteiger partial charge in [0, 0.05) is 22.7 Å². The molecule has 7 heteroatoms. The molecule has 0 aliphatic carbocycles. The Morgan fingerprint density at radius 3 is 2.18 bits per heavy atom. The van der Waals surface area contributed by atoms with E-state index in [-0.39, 0.29) is 30.9 Å². The van der Waals surface area contributed by atoms with E-state index in [2.05, 4.69) is 0 Å². The van der Waals surface area contributed by atoms with Gasteiger partial charge in [0.1, 0.15) is 0 Å². The predicted octanol–water partition coefficient (Wildman–Crippen LogP) is 2.24. The van der Waals surface area contributed by atoms with E-state index in [0.717, 1.165) is 0 Å². The molecule has 22 heavy (non-hydrogen) atoms. The molecule has 2 N–H and O–H groups in total. The van der Waals surface area contributed by atoms with Crippen molar-refractivity contribution >= 4 is 35.0 Å². The highest BCUT2D eigenvalue weighted by molar-refractivity contribution is 6.31. The van der Waals surface area contributed by atoms with Crippen LogP contribution in [0.4, 0.5) is 5.69 Å². The molecule has 120 valence electrons. The summed E-state index contributed by atoms with van der Waals surface area (Å²) >= 11 is 5.83. The van der Waals surface area contributed by atoms with Crippen molar-refractivity contribution in [2.24, 2.45) is 5.92 Å². The Bertz CT molecular complexity index is 555. The number of rotatable bonds is 7. The summed E-state index contributed by atoms with van der Waals surface area (Å²) in [6, 6.07) is 4.42. The molecule has 0 amide bonds. The number of hydrogen-bond donors (Lipinski definition) is 1. The number of hydrogen-bond acceptors (Lipinski definition) is 6. The van der Waals surface area contributed by atoms with Crippen LogP contribution in [0.25, 0.3) is 0 Å². The Labute approximate surface area is 133 Å². The summed E-state index contributed by atoms with van der Waals surface area (Å²) in [4.78, 5) is 36.0. The molecule has 0 unspecified atom stereocenters. The van der Waals surface area contributed by atoms with E-state index in [1.165, 1.54) is 12.1 Å². The van der Waals surface area contributed by atoms with E-state index < -0.39 is 23.6 Å². The fourth-order valence-corrected chi connectivity index (χ4v) is 1.99. The van der Waals surface area contributed by atoms with E-state index in [9.17, 15) is 14.4 Å². The second kappa shape index (κ2) is 8.38. The van der Waals surface area contributed by atoms with Gasteiger partial charge < -0.3 is 15.2 Å². The van der Waals surface area contributed by atoms with Crippen LogP contribution in [-0.2, 0) is 19.1 Å². The number of Topliss-reactive ketones (excluding diaryl/α,β-unsaturated/α-hetero) is 1. The third-order valence-corrected chi connectivity index (χ3v) is 3.08. The lowest BCUT2D eigenvalue weighted by Gasteiger charge is -2.14. The SMILES string of the molecule is CCOC(=O)C(CC(=O)c1cc(Cl)ccc1N)C(=O)OCC. The van der Waals surface area contributed by atoms with Crippen molar-refractivity contribution in [3.63, 3.8) is 0 Å². The topological polar surface area (TPSA) is 95.7 Å². The summed E-state index contributed by atoms with van der Waals surface area (Å²) in [6.45, 7) is 3.41. The molecule has 0 heterocycles. The quantitative estimate of drug-likeness (QED) is 0.357. The van der Waals surface area contributed by atoms with Crippen molar-refractivity contribution in [3.8, 4) is 0 Å². The Kier molecular flexibility index (Phi) is 6.85. The van der Waals surface area contributed by atoms with Gasteiger partial charge in [-0.05, 0) is 32.0 Å². The van der Waals surface area contributed by atoms with Gasteiger partial charge in [0.05, 0.1) is 13.2 Å². The van der Waals surface area contributed by atoms with Crippen LogP contribution >= 0.6 is 11.6 Å². The van der Waals surface area contributed by atoms with Crippen molar-refractivity contribution in [2.45, 2.75) is 20.3 Å². The van der Waals surface area contributed by atoms with Gasteiger partial charge in [-0.15, -0.1) is 0 Å². The zero-order valence-electron chi connectivity index (χ0n) is 12.4. The first-order chi connectivity index (χ1) is 10.4. The van der Waals surface area contributed by atoms with E-state index >= 15 is 0 Å². The summed E-state index contributed by atoms with van der Waals surface area (Å²) in [5, 5.41) is 0.335. The van der Waals surface area contributed by atoms with Crippen molar-refractivity contribution in [3.05, 3.63) is 28.8 Å². The first-order valence-corrected chi connectivity index (χ1v) is 7.19. The van der Waals surface area contributed by atoms with Crippen LogP contribution < -0.4 is 5.73 Å². The molecule has 0 aliphatic rings. The number of anilines is 1. The van der Waals surface area contributed by atoms with Crippen LogP contribution in [0.5, 0.6) is 0 Å². The molecule has 0 spiro atoms. The van der Waals surface area contributed by atoms with Gasteiger partial charge in [0.25, 0.3) is 0 Å². The second-order valence-electron chi connectivity index (χ2n) is 4.42. The second-order valence-corrected chi connectivity index (χ2v) is 4.85. The largest absolute Gasteiger partial charge is 0.465 e. The maximum atomic E-state index is 12.3. The molecule has 1 aromatic rings. The van der Waals surface area contributed by atoms with Crippen LogP contribution in [0.15, 0.2) is 18.2 Å². The van der Waals surface area contributed by atoms with Gasteiger partial charge in [-0.1, -0.05) is 11.6 Å². The fourth-order valence-electron chi connectivity index (χ4n) is 1.81. The summed E-state index contributed by atoms with van der Waals surface area (Å²) in [6.07, 6.45) is -0.387. The van der Waals surface area contributed by atoms with Crippen LogP contribution in [0, 0.1) is 5.92 Å². The van der Waals surface area contributed by atoms with Gasteiger partial charge in [-0.25, -0.2) is 0 Å². The third-order valence-electron chi connectivity index (χ3n) is 2.85. The zero-order valence-corrected chi connectivity index (χ0v) is 13.2. The predicted molar refractivity (Wildman–Crippen MR) is 81.6 cm³/mol. The number of halogens is 1. The van der Waals surface area contributed by atoms with E-state index in [0.29, 0.717) is 5.02 Å². The summed E-state index contributed by atoms with van der Waals surface area (Å²) < 4.78 is 9.63. The molecule has 0 saturated carbocycles. The minimum absolute atomic E-state index is 0.0994. The number of nitrogen functional groups attached to an aromatic ring is 1. The Morgan fingerprint density at radius 1 is 1.14 bits per heavy atom. The molecule has 1 rings (SSSR count). The molecule has 1 aromatic carbocycles. The van der Waals surface area contributed by atoms with Crippen LogP contribution in [0.3, 0.4) is 0 Å². The molecule has 0 bridgehead atoms. The molecule has 0 radical (unpaired) electrons. The number of carbonyl (C=O) groups excluding carboxylic acids is 3. The highest BCUT2D eigenvalue weighted by Crippen LogP contribution is 2.22. The van der Waals surface area contributed by atoms with Crippen molar-refractivity contribution in [1.29, 1.82) is 0 Å². The normalized spacial score (nSPS) is 10.4. The van der Waals surface area contributed by atoms with Gasteiger partial charge in [0.2, 0.25) is 0 Å². The monoisotopic (exact) mass is 327 g/mol. The third kappa shape index (κ3) is 4.73. The lowest BCUT2D eigenvalue weighted by molar-refractivity contribution is -0.161. The number of ether oxygens (including phenoxy) is 2. The smallest absolute Gasteiger partial charge is 0.320 e. The molecule has 0 saturated heterocycles. The van der Waals surface area contributed by atoms with Crippen molar-refractivity contribution < 1.29 is 23.9 Å². The molecule has 0 aromatic heterocycles. The molecular formula is C15H18ClNO5. The zero-order chi connectivity index (χ0) is 16.7. The summed E-state index contributed by atoms with van der Waals surface area (Å²) in [5.74, 6) is -3.39. The van der Waals surface area contributed by atoms with Crippen LogP contribution in [0.1, 0.15) is 30.6 Å². The lowest BCUT2D eigenvalue weighted by atomic mass is 9.97. The minimum Gasteiger partial charge on any atom is -0.465 e. The van der Waals surface area contributed by atoms with Crippen LogP contribution in [-0.4, -0.2) is 30.9 Å². The summed E-state index contributed by atoms with van der Waals surface area (Å²) in [7, 11) is 0. The standard InChI is InChI=1S/C15H18ClNO5/c1-3-21-14(19)11(15(20)22-4-2)8-13(18)10-7-9(16)5-6-12(10)17/h5-7,11H,3-4,8,17H2,1-2H3. The molecule has 0 atom stereocenters. The highest BCUT2D eigenvalue weighted by Gasteiger charge is 2.32. The average molecular weight is 328 g/mol. The van der Waals surface area contributed by atoms with Gasteiger partial charge >= 0.3 is 11.9 Å². The van der Waals surface area contributed by atoms with E-state index in [1.807, 2.05) is 0 Å². The highest BCUT2D eigenvalue weighted by atomic mass is 35.5. The number of benzene rings is 1. The maximum Gasteiger partial charge on any atom is 0.320 e.